The second-order valence-corrected chi connectivity index (χ2v) is 2.95. The van der Waals surface area contributed by atoms with Gasteiger partial charge in [0.15, 0.2) is 0 Å². The maximum atomic E-state index is 11.1. The summed E-state index contributed by atoms with van der Waals surface area (Å²) in [7, 11) is 0. The summed E-state index contributed by atoms with van der Waals surface area (Å²) in [6.07, 6.45) is 0. The van der Waals surface area contributed by atoms with Crippen LogP contribution in [0.25, 0.3) is 0 Å². The lowest BCUT2D eigenvalue weighted by atomic mass is 10.2. The van der Waals surface area contributed by atoms with Crippen LogP contribution in [-0.2, 0) is 11.3 Å². The van der Waals surface area contributed by atoms with Crippen LogP contribution in [0.3, 0.4) is 0 Å². The maximum Gasteiger partial charge on any atom is 0.246 e. The molecule has 1 amide bonds. The molecule has 0 aliphatic rings. The van der Waals surface area contributed by atoms with Crippen molar-refractivity contribution in [3.05, 3.63) is 48.0 Å². The Morgan fingerprint density at radius 2 is 2.00 bits per heavy atom. The van der Waals surface area contributed by atoms with Crippen molar-refractivity contribution >= 4 is 5.91 Å². The van der Waals surface area contributed by atoms with Crippen LogP contribution in [0.5, 0.6) is 0 Å². The summed E-state index contributed by atoms with van der Waals surface area (Å²) in [5.74, 6) is -0.0937. The molecule has 1 aromatic rings. The van der Waals surface area contributed by atoms with Gasteiger partial charge in [0.05, 0.1) is 0 Å². The largest absolute Gasteiger partial charge is 0.348 e. The minimum atomic E-state index is -0.0937. The van der Waals surface area contributed by atoms with E-state index in [1.54, 1.807) is 6.92 Å². The average Bonchev–Trinajstić information content (AvgIpc) is 2.15. The molecule has 68 valence electrons. The number of hydrogen-bond acceptors (Lipinski definition) is 1. The van der Waals surface area contributed by atoms with Gasteiger partial charge in [0, 0.05) is 12.1 Å². The van der Waals surface area contributed by atoms with E-state index in [-0.39, 0.29) is 5.91 Å². The monoisotopic (exact) mass is 175 g/mol. The summed E-state index contributed by atoms with van der Waals surface area (Å²) in [5, 5.41) is 2.76. The van der Waals surface area contributed by atoms with E-state index in [0.717, 1.165) is 5.56 Å². The summed E-state index contributed by atoms with van der Waals surface area (Å²) in [5.41, 5.74) is 1.63. The molecule has 0 aromatic heterocycles. The van der Waals surface area contributed by atoms with E-state index in [4.69, 9.17) is 0 Å². The number of amides is 1. The molecule has 13 heavy (non-hydrogen) atoms. The number of rotatable bonds is 3. The lowest BCUT2D eigenvalue weighted by Gasteiger charge is -2.03. The fourth-order valence-corrected chi connectivity index (χ4v) is 0.929. The molecule has 0 aliphatic heterocycles. The molecule has 1 N–H and O–H groups in total. The van der Waals surface area contributed by atoms with Crippen LogP contribution in [0, 0.1) is 0 Å². The lowest BCUT2D eigenvalue weighted by Crippen LogP contribution is -2.22. The molecule has 0 aliphatic carbocycles. The minimum absolute atomic E-state index is 0.0937. The zero-order valence-corrected chi connectivity index (χ0v) is 7.71. The van der Waals surface area contributed by atoms with E-state index in [1.165, 1.54) is 0 Å². The molecule has 0 radical (unpaired) electrons. The number of benzene rings is 1. The van der Waals surface area contributed by atoms with Crippen molar-refractivity contribution in [3.8, 4) is 0 Å². The Bertz CT molecular complexity index is 303. The van der Waals surface area contributed by atoms with Gasteiger partial charge in [-0.3, -0.25) is 4.79 Å². The fourth-order valence-electron chi connectivity index (χ4n) is 0.929. The Morgan fingerprint density at radius 1 is 1.38 bits per heavy atom. The topological polar surface area (TPSA) is 29.1 Å². The molecule has 0 spiro atoms. The van der Waals surface area contributed by atoms with Crippen molar-refractivity contribution in [3.63, 3.8) is 0 Å². The smallest absolute Gasteiger partial charge is 0.246 e. The van der Waals surface area contributed by atoms with Gasteiger partial charge >= 0.3 is 0 Å². The first-order valence-electron chi connectivity index (χ1n) is 4.18. The highest BCUT2D eigenvalue weighted by Crippen LogP contribution is 1.97. The van der Waals surface area contributed by atoms with Gasteiger partial charge in [-0.15, -0.1) is 0 Å². The molecule has 0 heterocycles. The standard InChI is InChI=1S/C11H13NO/c1-9(2)11(13)12-8-10-6-4-3-5-7-10/h3-7H,1,8H2,2H3,(H,12,13). The van der Waals surface area contributed by atoms with Crippen molar-refractivity contribution in [1.82, 2.24) is 5.32 Å². The first kappa shape index (κ1) is 9.52. The van der Waals surface area contributed by atoms with Gasteiger partial charge in [-0.25, -0.2) is 0 Å². The first-order valence-corrected chi connectivity index (χ1v) is 4.18. The van der Waals surface area contributed by atoms with Gasteiger partial charge in [-0.2, -0.15) is 0 Å². The summed E-state index contributed by atoms with van der Waals surface area (Å²) >= 11 is 0. The van der Waals surface area contributed by atoms with Crippen molar-refractivity contribution in [2.24, 2.45) is 0 Å². The van der Waals surface area contributed by atoms with Gasteiger partial charge in [-0.05, 0) is 12.5 Å². The highest BCUT2D eigenvalue weighted by atomic mass is 16.1. The summed E-state index contributed by atoms with van der Waals surface area (Å²) in [6, 6.07) is 9.78. The zero-order chi connectivity index (χ0) is 9.68. The predicted octanol–water partition coefficient (Wildman–Crippen LogP) is 1.88. The third kappa shape index (κ3) is 3.11. The van der Waals surface area contributed by atoms with Crippen LogP contribution in [0.4, 0.5) is 0 Å². The van der Waals surface area contributed by atoms with Crippen LogP contribution in [-0.4, -0.2) is 5.91 Å². The number of carbonyl (C=O) groups is 1. The van der Waals surface area contributed by atoms with Crippen LogP contribution in [0.2, 0.25) is 0 Å². The molecule has 0 unspecified atom stereocenters. The zero-order valence-electron chi connectivity index (χ0n) is 7.71. The van der Waals surface area contributed by atoms with Gasteiger partial charge < -0.3 is 5.32 Å². The van der Waals surface area contributed by atoms with E-state index in [0.29, 0.717) is 12.1 Å². The fraction of sp³-hybridized carbons (Fsp3) is 0.182. The SMILES string of the molecule is C=C(C)C(=O)NCc1ccccc1. The van der Waals surface area contributed by atoms with Gasteiger partial charge in [0.25, 0.3) is 0 Å². The van der Waals surface area contributed by atoms with E-state index in [1.807, 2.05) is 30.3 Å². The molecule has 1 aromatic carbocycles. The van der Waals surface area contributed by atoms with Crippen molar-refractivity contribution < 1.29 is 4.79 Å². The third-order valence-electron chi connectivity index (χ3n) is 1.68. The Balaban J connectivity index is 2.44. The van der Waals surface area contributed by atoms with E-state index in [9.17, 15) is 4.79 Å². The average molecular weight is 175 g/mol. The molecule has 0 saturated carbocycles. The van der Waals surface area contributed by atoms with Gasteiger partial charge in [0.2, 0.25) is 5.91 Å². The molecule has 0 atom stereocenters. The maximum absolute atomic E-state index is 11.1. The molecular formula is C11H13NO. The van der Waals surface area contributed by atoms with Crippen molar-refractivity contribution in [1.29, 1.82) is 0 Å². The first-order chi connectivity index (χ1) is 6.20. The summed E-state index contributed by atoms with van der Waals surface area (Å²) in [4.78, 5) is 11.1. The van der Waals surface area contributed by atoms with E-state index < -0.39 is 0 Å². The molecule has 0 bridgehead atoms. The Morgan fingerprint density at radius 3 is 2.54 bits per heavy atom. The van der Waals surface area contributed by atoms with E-state index >= 15 is 0 Å². The molecule has 2 heteroatoms. The molecule has 2 nitrogen and oxygen atoms in total. The Hall–Kier alpha value is -1.57. The number of nitrogens with one attached hydrogen (secondary N) is 1. The molecule has 0 fully saturated rings. The highest BCUT2D eigenvalue weighted by Gasteiger charge is 1.99. The van der Waals surface area contributed by atoms with Crippen LogP contribution < -0.4 is 5.32 Å². The van der Waals surface area contributed by atoms with Crippen LogP contribution >= 0.6 is 0 Å². The van der Waals surface area contributed by atoms with Crippen LogP contribution in [0.15, 0.2) is 42.5 Å². The molecule has 0 saturated heterocycles. The number of carbonyl (C=O) groups excluding carboxylic acids is 1. The third-order valence-corrected chi connectivity index (χ3v) is 1.68. The molecule has 1 rings (SSSR count). The van der Waals surface area contributed by atoms with Crippen molar-refractivity contribution in [2.45, 2.75) is 13.5 Å². The highest BCUT2D eigenvalue weighted by molar-refractivity contribution is 5.91. The van der Waals surface area contributed by atoms with Crippen molar-refractivity contribution in [2.75, 3.05) is 0 Å². The predicted molar refractivity (Wildman–Crippen MR) is 53.1 cm³/mol. The minimum Gasteiger partial charge on any atom is -0.348 e. The molecular weight excluding hydrogens is 162 g/mol. The second-order valence-electron chi connectivity index (χ2n) is 2.95. The van der Waals surface area contributed by atoms with E-state index in [2.05, 4.69) is 11.9 Å². The summed E-state index contributed by atoms with van der Waals surface area (Å²) < 4.78 is 0. The number of hydrogen-bond donors (Lipinski definition) is 1. The lowest BCUT2D eigenvalue weighted by molar-refractivity contribution is -0.117. The second kappa shape index (κ2) is 4.45. The van der Waals surface area contributed by atoms with Gasteiger partial charge in [0.1, 0.15) is 0 Å². The van der Waals surface area contributed by atoms with Gasteiger partial charge in [-0.1, -0.05) is 36.9 Å². The normalized spacial score (nSPS) is 9.31. The van der Waals surface area contributed by atoms with Crippen LogP contribution in [0.1, 0.15) is 12.5 Å². The summed E-state index contributed by atoms with van der Waals surface area (Å²) in [6.45, 7) is 5.81. The Labute approximate surface area is 78.3 Å². The quantitative estimate of drug-likeness (QED) is 0.698. The Kier molecular flexibility index (Phi) is 3.26.